The normalized spacial score (nSPS) is 10.5. The highest BCUT2D eigenvalue weighted by atomic mass is 79.9. The number of nitro benzene ring substituents is 1. The van der Waals surface area contributed by atoms with Gasteiger partial charge in [0.1, 0.15) is 24.5 Å². The lowest BCUT2D eigenvalue weighted by Crippen LogP contribution is -2.14. The second-order valence-corrected chi connectivity index (χ2v) is 8.51. The number of carbonyl (C=O) groups excluding carboxylic acids is 1. The van der Waals surface area contributed by atoms with Crippen LogP contribution in [0.2, 0.25) is 0 Å². The molecule has 4 rings (SSSR count). The Kier molecular flexibility index (Phi) is 7.92. The van der Waals surface area contributed by atoms with E-state index in [4.69, 9.17) is 15.9 Å². The molecule has 37 heavy (non-hydrogen) atoms. The summed E-state index contributed by atoms with van der Waals surface area (Å²) in [4.78, 5) is 32.5. The molecule has 0 fully saturated rings. The number of terminal acetylenes is 1. The maximum absolute atomic E-state index is 13.1. The van der Waals surface area contributed by atoms with Crippen molar-refractivity contribution in [2.75, 3.05) is 31.0 Å². The molecule has 3 aromatic carbocycles. The highest BCUT2D eigenvalue weighted by molar-refractivity contribution is 9.10. The Morgan fingerprint density at radius 1 is 1.16 bits per heavy atom. The molecule has 0 aliphatic heterocycles. The first-order valence-corrected chi connectivity index (χ1v) is 11.7. The van der Waals surface area contributed by atoms with E-state index in [9.17, 15) is 14.9 Å². The molecule has 0 saturated heterocycles. The van der Waals surface area contributed by atoms with E-state index in [2.05, 4.69) is 42.5 Å². The molecule has 1 heterocycles. The predicted molar refractivity (Wildman–Crippen MR) is 143 cm³/mol. The quantitative estimate of drug-likeness (QED) is 0.122. The van der Waals surface area contributed by atoms with Gasteiger partial charge in [-0.1, -0.05) is 12.0 Å². The summed E-state index contributed by atoms with van der Waals surface area (Å²) in [6.07, 6.45) is 6.92. The van der Waals surface area contributed by atoms with Crippen LogP contribution in [-0.2, 0) is 4.74 Å². The van der Waals surface area contributed by atoms with Gasteiger partial charge in [-0.3, -0.25) is 14.9 Å². The van der Waals surface area contributed by atoms with Crippen LogP contribution in [0.4, 0.5) is 22.9 Å². The summed E-state index contributed by atoms with van der Waals surface area (Å²) in [5, 5.41) is 17.9. The van der Waals surface area contributed by atoms with Gasteiger partial charge in [0, 0.05) is 41.4 Å². The average molecular weight is 562 g/mol. The average Bonchev–Trinajstić information content (AvgIpc) is 2.89. The van der Waals surface area contributed by atoms with Crippen molar-refractivity contribution in [3.8, 4) is 18.1 Å². The minimum Gasteiger partial charge on any atom is -0.489 e. The molecular formula is C26H20BrN5O5. The Morgan fingerprint density at radius 3 is 2.76 bits per heavy atom. The molecule has 0 unspecified atom stereocenters. The number of aromatic nitrogens is 2. The van der Waals surface area contributed by atoms with Crippen LogP contribution in [0.25, 0.3) is 10.9 Å². The topological polar surface area (TPSA) is 129 Å². The third-order valence-corrected chi connectivity index (χ3v) is 5.90. The summed E-state index contributed by atoms with van der Waals surface area (Å²) in [6.45, 7) is 0.552. The van der Waals surface area contributed by atoms with Crippen LogP contribution in [-0.4, -0.2) is 41.1 Å². The summed E-state index contributed by atoms with van der Waals surface area (Å²) in [6, 6.07) is 14.8. The fraction of sp³-hybridized carbons (Fsp3) is 0.115. The number of amides is 1. The van der Waals surface area contributed by atoms with Crippen molar-refractivity contribution in [1.29, 1.82) is 0 Å². The number of rotatable bonds is 9. The van der Waals surface area contributed by atoms with E-state index in [1.54, 1.807) is 25.3 Å². The Morgan fingerprint density at radius 2 is 2.00 bits per heavy atom. The van der Waals surface area contributed by atoms with E-state index in [1.165, 1.54) is 24.5 Å². The number of hydrogen-bond donors (Lipinski definition) is 2. The molecule has 1 aromatic heterocycles. The van der Waals surface area contributed by atoms with Gasteiger partial charge in [-0.15, -0.1) is 6.42 Å². The first-order valence-electron chi connectivity index (χ1n) is 10.9. The van der Waals surface area contributed by atoms with Crippen LogP contribution in [0, 0.1) is 22.5 Å². The molecule has 1 amide bonds. The van der Waals surface area contributed by atoms with Crippen molar-refractivity contribution in [3.63, 3.8) is 0 Å². The van der Waals surface area contributed by atoms with Crippen LogP contribution < -0.4 is 15.4 Å². The molecule has 2 N–H and O–H groups in total. The Bertz CT molecular complexity index is 1540. The predicted octanol–water partition coefficient (Wildman–Crippen LogP) is 5.30. The number of hydrogen-bond acceptors (Lipinski definition) is 8. The fourth-order valence-electron chi connectivity index (χ4n) is 3.45. The molecule has 0 bridgehead atoms. The maximum atomic E-state index is 13.1. The molecule has 10 nitrogen and oxygen atoms in total. The zero-order valence-corrected chi connectivity index (χ0v) is 21.1. The molecule has 0 spiro atoms. The summed E-state index contributed by atoms with van der Waals surface area (Å²) in [5.74, 6) is 2.87. The Labute approximate surface area is 220 Å². The summed E-state index contributed by atoms with van der Waals surface area (Å²) in [5.41, 5.74) is 2.20. The monoisotopic (exact) mass is 561 g/mol. The van der Waals surface area contributed by atoms with Crippen LogP contribution in [0.15, 0.2) is 65.4 Å². The number of carbonyl (C=O) groups is 1. The molecule has 11 heteroatoms. The van der Waals surface area contributed by atoms with Crippen LogP contribution >= 0.6 is 15.9 Å². The fourth-order valence-corrected chi connectivity index (χ4v) is 3.84. The maximum Gasteiger partial charge on any atom is 0.284 e. The van der Waals surface area contributed by atoms with Crippen molar-refractivity contribution in [2.24, 2.45) is 0 Å². The second kappa shape index (κ2) is 11.5. The van der Waals surface area contributed by atoms with Crippen LogP contribution in [0.3, 0.4) is 0 Å². The molecule has 0 atom stereocenters. The van der Waals surface area contributed by atoms with E-state index in [0.29, 0.717) is 40.3 Å². The van der Waals surface area contributed by atoms with Gasteiger partial charge >= 0.3 is 0 Å². The van der Waals surface area contributed by atoms with E-state index in [-0.39, 0.29) is 22.3 Å². The smallest absolute Gasteiger partial charge is 0.284 e. The van der Waals surface area contributed by atoms with Gasteiger partial charge in [-0.2, -0.15) is 0 Å². The van der Waals surface area contributed by atoms with Crippen molar-refractivity contribution in [1.82, 2.24) is 9.97 Å². The van der Waals surface area contributed by atoms with Crippen molar-refractivity contribution < 1.29 is 19.2 Å². The number of halogens is 1. The number of nitrogens with one attached hydrogen (secondary N) is 2. The molecule has 0 saturated carbocycles. The van der Waals surface area contributed by atoms with E-state index in [1.807, 2.05) is 18.2 Å². The standard InChI is InChI=1S/C26H20BrN5O5/c1-3-16-5-4-6-18(11-16)30-25-19-13-22(24(37-10-9-36-2)14-21(19)28-15-29-25)31-26(33)17-7-8-20(27)23(12-17)32(34)35/h1,4-8,11-15H,9-10H2,2H3,(H,31,33)(H,28,29,30). The number of anilines is 3. The third-order valence-electron chi connectivity index (χ3n) is 5.23. The number of ether oxygens (including phenoxy) is 2. The van der Waals surface area contributed by atoms with Crippen molar-refractivity contribution >= 4 is 55.6 Å². The summed E-state index contributed by atoms with van der Waals surface area (Å²) >= 11 is 3.13. The largest absolute Gasteiger partial charge is 0.489 e. The molecule has 186 valence electrons. The lowest BCUT2D eigenvalue weighted by molar-refractivity contribution is -0.385. The van der Waals surface area contributed by atoms with E-state index < -0.39 is 10.8 Å². The lowest BCUT2D eigenvalue weighted by Gasteiger charge is -2.15. The van der Waals surface area contributed by atoms with Crippen LogP contribution in [0.1, 0.15) is 15.9 Å². The van der Waals surface area contributed by atoms with E-state index in [0.717, 1.165) is 5.69 Å². The molecule has 4 aromatic rings. The highest BCUT2D eigenvalue weighted by Crippen LogP contribution is 2.34. The van der Waals surface area contributed by atoms with Crippen molar-refractivity contribution in [3.05, 3.63) is 86.6 Å². The number of fused-ring (bicyclic) bond motifs is 1. The Balaban J connectivity index is 1.73. The molecule has 0 radical (unpaired) electrons. The zero-order chi connectivity index (χ0) is 26.4. The van der Waals surface area contributed by atoms with Crippen molar-refractivity contribution in [2.45, 2.75) is 0 Å². The van der Waals surface area contributed by atoms with Gasteiger partial charge < -0.3 is 20.1 Å². The third kappa shape index (κ3) is 6.00. The minimum absolute atomic E-state index is 0.103. The van der Waals surface area contributed by atoms with Gasteiger partial charge in [0.25, 0.3) is 11.6 Å². The summed E-state index contributed by atoms with van der Waals surface area (Å²) < 4.78 is 11.2. The van der Waals surface area contributed by atoms with Crippen LogP contribution in [0.5, 0.6) is 5.75 Å². The number of benzene rings is 3. The molecule has 0 aliphatic carbocycles. The number of methoxy groups -OCH3 is 1. The molecular weight excluding hydrogens is 542 g/mol. The van der Waals surface area contributed by atoms with Gasteiger partial charge in [-0.25, -0.2) is 9.97 Å². The van der Waals surface area contributed by atoms with Gasteiger partial charge in [0.15, 0.2) is 0 Å². The summed E-state index contributed by atoms with van der Waals surface area (Å²) in [7, 11) is 1.55. The first kappa shape index (κ1) is 25.6. The Hall–Kier alpha value is -4.53. The first-order chi connectivity index (χ1) is 17.9. The highest BCUT2D eigenvalue weighted by Gasteiger charge is 2.19. The van der Waals surface area contributed by atoms with Gasteiger partial charge in [-0.05, 0) is 52.3 Å². The van der Waals surface area contributed by atoms with Gasteiger partial charge in [0.05, 0.1) is 27.2 Å². The minimum atomic E-state index is -0.569. The molecule has 0 aliphatic rings. The SMILES string of the molecule is C#Cc1cccc(Nc2ncnc3cc(OCCOC)c(NC(=O)c4ccc(Br)c([N+](=O)[O-])c4)cc23)c1. The lowest BCUT2D eigenvalue weighted by atomic mass is 10.1. The zero-order valence-electron chi connectivity index (χ0n) is 19.5. The number of nitrogens with zero attached hydrogens (tertiary/aromatic N) is 3. The van der Waals surface area contributed by atoms with E-state index >= 15 is 0 Å². The second-order valence-electron chi connectivity index (χ2n) is 7.66. The number of nitro groups is 1. The van der Waals surface area contributed by atoms with Gasteiger partial charge in [0.2, 0.25) is 0 Å².